The second-order valence-corrected chi connectivity index (χ2v) is 6.96. The number of rotatable bonds is 4. The number of fused-ring (bicyclic) bond motifs is 2. The summed E-state index contributed by atoms with van der Waals surface area (Å²) >= 11 is 1.81. The predicted molar refractivity (Wildman–Crippen MR) is 79.0 cm³/mol. The van der Waals surface area contributed by atoms with Gasteiger partial charge in [0.15, 0.2) is 0 Å². The zero-order valence-electron chi connectivity index (χ0n) is 11.4. The summed E-state index contributed by atoms with van der Waals surface area (Å²) in [6.45, 7) is 7.33. The summed E-state index contributed by atoms with van der Waals surface area (Å²) < 4.78 is 0. The second-order valence-electron chi connectivity index (χ2n) is 6.18. The minimum absolute atomic E-state index is 0.506. The molecule has 0 aromatic carbocycles. The molecule has 2 aliphatic heterocycles. The Bertz CT molecular complexity index is 422. The van der Waals surface area contributed by atoms with E-state index in [0.29, 0.717) is 11.5 Å². The van der Waals surface area contributed by atoms with Crippen LogP contribution in [0.4, 0.5) is 0 Å². The van der Waals surface area contributed by atoms with Crippen LogP contribution in [-0.2, 0) is 6.42 Å². The lowest BCUT2D eigenvalue weighted by Crippen LogP contribution is -2.55. The predicted octanol–water partition coefficient (Wildman–Crippen LogP) is 3.97. The molecule has 1 aromatic rings. The average molecular weight is 261 g/mol. The SMILES string of the molecule is CCC1(C)CC2C=CC1N(CCc1ccsc1)C2. The van der Waals surface area contributed by atoms with E-state index in [-0.39, 0.29) is 0 Å². The van der Waals surface area contributed by atoms with Crippen molar-refractivity contribution in [3.8, 4) is 0 Å². The summed E-state index contributed by atoms with van der Waals surface area (Å²) in [7, 11) is 0. The maximum absolute atomic E-state index is 2.72. The van der Waals surface area contributed by atoms with Gasteiger partial charge in [0.1, 0.15) is 0 Å². The third-order valence-corrected chi connectivity index (χ3v) is 5.68. The topological polar surface area (TPSA) is 3.24 Å². The third kappa shape index (κ3) is 2.17. The molecule has 1 fully saturated rings. The zero-order chi connectivity index (χ0) is 12.6. The van der Waals surface area contributed by atoms with E-state index in [4.69, 9.17) is 0 Å². The van der Waals surface area contributed by atoms with Gasteiger partial charge in [-0.05, 0) is 53.0 Å². The van der Waals surface area contributed by atoms with Gasteiger partial charge in [-0.15, -0.1) is 0 Å². The number of nitrogens with zero attached hydrogens (tertiary/aromatic N) is 1. The number of thiophene rings is 1. The molecule has 2 heteroatoms. The molecule has 4 rings (SSSR count). The fourth-order valence-electron chi connectivity index (χ4n) is 3.68. The van der Waals surface area contributed by atoms with Crippen LogP contribution in [0.2, 0.25) is 0 Å². The van der Waals surface area contributed by atoms with E-state index in [1.54, 1.807) is 0 Å². The molecular formula is C16H23NS. The molecule has 18 heavy (non-hydrogen) atoms. The monoisotopic (exact) mass is 261 g/mol. The Balaban J connectivity index is 1.68. The van der Waals surface area contributed by atoms with E-state index in [0.717, 1.165) is 5.92 Å². The Hall–Kier alpha value is -0.600. The smallest absolute Gasteiger partial charge is 0.0332 e. The maximum atomic E-state index is 2.72. The lowest BCUT2D eigenvalue weighted by atomic mass is 9.65. The quantitative estimate of drug-likeness (QED) is 0.741. The number of piperidine rings is 1. The van der Waals surface area contributed by atoms with E-state index in [2.05, 4.69) is 47.7 Å². The van der Waals surface area contributed by atoms with Gasteiger partial charge in [-0.2, -0.15) is 11.3 Å². The van der Waals surface area contributed by atoms with Crippen molar-refractivity contribution in [3.05, 3.63) is 34.5 Å². The first kappa shape index (κ1) is 12.4. The largest absolute Gasteiger partial charge is 0.295 e. The molecule has 1 saturated heterocycles. The van der Waals surface area contributed by atoms with Crippen LogP contribution in [0.25, 0.3) is 0 Å². The summed E-state index contributed by atoms with van der Waals surface area (Å²) in [5, 5.41) is 4.48. The molecule has 0 saturated carbocycles. The van der Waals surface area contributed by atoms with Gasteiger partial charge >= 0.3 is 0 Å². The summed E-state index contributed by atoms with van der Waals surface area (Å²) in [4.78, 5) is 2.72. The highest BCUT2D eigenvalue weighted by atomic mass is 32.1. The van der Waals surface area contributed by atoms with Crippen LogP contribution in [0.5, 0.6) is 0 Å². The van der Waals surface area contributed by atoms with Crippen molar-refractivity contribution in [1.82, 2.24) is 4.90 Å². The number of hydrogen-bond acceptors (Lipinski definition) is 2. The first-order valence-corrected chi connectivity index (χ1v) is 8.09. The highest BCUT2D eigenvalue weighted by molar-refractivity contribution is 7.07. The highest BCUT2D eigenvalue weighted by Gasteiger charge is 2.44. The normalized spacial score (nSPS) is 35.2. The fourth-order valence-corrected chi connectivity index (χ4v) is 4.38. The molecule has 0 N–H and O–H groups in total. The molecular weight excluding hydrogens is 238 g/mol. The van der Waals surface area contributed by atoms with Crippen LogP contribution in [0.15, 0.2) is 29.0 Å². The molecule has 3 aliphatic rings. The molecule has 3 unspecified atom stereocenters. The van der Waals surface area contributed by atoms with Crippen LogP contribution in [0.1, 0.15) is 32.3 Å². The van der Waals surface area contributed by atoms with Gasteiger partial charge < -0.3 is 0 Å². The second kappa shape index (κ2) is 4.82. The van der Waals surface area contributed by atoms with Gasteiger partial charge in [-0.3, -0.25) is 4.90 Å². The minimum Gasteiger partial charge on any atom is -0.295 e. The number of hydrogen-bond donors (Lipinski definition) is 0. The van der Waals surface area contributed by atoms with E-state index >= 15 is 0 Å². The van der Waals surface area contributed by atoms with Crippen LogP contribution in [0.3, 0.4) is 0 Å². The van der Waals surface area contributed by atoms with Gasteiger partial charge in [0.2, 0.25) is 0 Å². The van der Waals surface area contributed by atoms with Crippen molar-refractivity contribution >= 4 is 11.3 Å². The van der Waals surface area contributed by atoms with Crippen LogP contribution >= 0.6 is 11.3 Å². The van der Waals surface area contributed by atoms with Crippen molar-refractivity contribution in [2.24, 2.45) is 11.3 Å². The van der Waals surface area contributed by atoms with Gasteiger partial charge in [-0.1, -0.05) is 26.0 Å². The Morgan fingerprint density at radius 2 is 2.33 bits per heavy atom. The van der Waals surface area contributed by atoms with Crippen molar-refractivity contribution in [3.63, 3.8) is 0 Å². The maximum Gasteiger partial charge on any atom is 0.0332 e. The van der Waals surface area contributed by atoms with E-state index in [1.807, 2.05) is 11.3 Å². The van der Waals surface area contributed by atoms with E-state index < -0.39 is 0 Å². The summed E-state index contributed by atoms with van der Waals surface area (Å²) in [6, 6.07) is 2.94. The van der Waals surface area contributed by atoms with Crippen LogP contribution < -0.4 is 0 Å². The zero-order valence-corrected chi connectivity index (χ0v) is 12.2. The first-order valence-electron chi connectivity index (χ1n) is 7.15. The molecule has 98 valence electrons. The molecule has 3 heterocycles. The van der Waals surface area contributed by atoms with E-state index in [1.165, 1.54) is 37.9 Å². The summed E-state index contributed by atoms with van der Waals surface area (Å²) in [5.41, 5.74) is 2.01. The fraction of sp³-hybridized carbons (Fsp3) is 0.625. The molecule has 3 atom stereocenters. The van der Waals surface area contributed by atoms with Crippen molar-refractivity contribution in [2.45, 2.75) is 39.2 Å². The lowest BCUT2D eigenvalue weighted by molar-refractivity contribution is 0.0167. The van der Waals surface area contributed by atoms with Gasteiger partial charge in [0, 0.05) is 19.1 Å². The lowest BCUT2D eigenvalue weighted by Gasteiger charge is -2.52. The van der Waals surface area contributed by atoms with Crippen molar-refractivity contribution in [1.29, 1.82) is 0 Å². The average Bonchev–Trinajstić information content (AvgIpc) is 2.90. The van der Waals surface area contributed by atoms with Gasteiger partial charge in [-0.25, -0.2) is 0 Å². The molecule has 0 radical (unpaired) electrons. The molecule has 0 spiro atoms. The van der Waals surface area contributed by atoms with Crippen LogP contribution in [-0.4, -0.2) is 24.0 Å². The van der Waals surface area contributed by atoms with Crippen molar-refractivity contribution in [2.75, 3.05) is 13.1 Å². The molecule has 0 amide bonds. The first-order chi connectivity index (χ1) is 8.71. The van der Waals surface area contributed by atoms with Crippen LogP contribution in [0, 0.1) is 11.3 Å². The highest BCUT2D eigenvalue weighted by Crippen LogP contribution is 2.45. The Kier molecular flexibility index (Phi) is 3.33. The molecule has 1 aliphatic carbocycles. The molecule has 1 aromatic heterocycles. The van der Waals surface area contributed by atoms with Gasteiger partial charge in [0.25, 0.3) is 0 Å². The Morgan fingerprint density at radius 1 is 1.44 bits per heavy atom. The Labute approximate surface area is 115 Å². The molecule has 1 nitrogen and oxygen atoms in total. The summed E-state index contributed by atoms with van der Waals surface area (Å²) in [5.74, 6) is 0.794. The summed E-state index contributed by atoms with van der Waals surface area (Å²) in [6.07, 6.45) is 8.84. The van der Waals surface area contributed by atoms with Gasteiger partial charge in [0.05, 0.1) is 0 Å². The Morgan fingerprint density at radius 3 is 3.00 bits per heavy atom. The minimum atomic E-state index is 0.506. The van der Waals surface area contributed by atoms with E-state index in [9.17, 15) is 0 Å². The standard InChI is InChI=1S/C16H23NS/c1-3-16(2)10-14-4-5-15(16)17(11-14)8-6-13-7-9-18-12-13/h4-5,7,9,12,14-15H,3,6,8,10-11H2,1-2H3. The van der Waals surface area contributed by atoms with Crippen molar-refractivity contribution < 1.29 is 0 Å². The third-order valence-electron chi connectivity index (χ3n) is 4.95. The molecule has 2 bridgehead atoms.